The van der Waals surface area contributed by atoms with E-state index in [2.05, 4.69) is 0 Å². The molecule has 0 bridgehead atoms. The lowest BCUT2D eigenvalue weighted by Crippen LogP contribution is -2.25. The van der Waals surface area contributed by atoms with Gasteiger partial charge in [-0.1, -0.05) is 37.3 Å². The zero-order valence-corrected chi connectivity index (χ0v) is 7.60. The van der Waals surface area contributed by atoms with Gasteiger partial charge in [0.1, 0.15) is 0 Å². The molecule has 1 N–H and O–H groups in total. The van der Waals surface area contributed by atoms with Crippen molar-refractivity contribution < 1.29 is 10.0 Å². The average Bonchev–Trinajstić information content (AvgIpc) is 2.18. The second-order valence-corrected chi connectivity index (χ2v) is 2.79. The topological polar surface area (TPSA) is 40.5 Å². The molecule has 1 rings (SSSR count). The summed E-state index contributed by atoms with van der Waals surface area (Å²) in [6.07, 6.45) is 0.323. The van der Waals surface area contributed by atoms with Crippen LogP contribution in [0.2, 0.25) is 0 Å². The maximum atomic E-state index is 11.0. The van der Waals surface area contributed by atoms with E-state index in [0.717, 1.165) is 10.6 Å². The molecular formula is C10H13NO2. The first-order valence-electron chi connectivity index (χ1n) is 4.27. The molecule has 1 amide bonds. The molecule has 3 heteroatoms. The van der Waals surface area contributed by atoms with Gasteiger partial charge in [0.15, 0.2) is 0 Å². The lowest BCUT2D eigenvalue weighted by Gasteiger charge is -2.13. The molecule has 0 saturated carbocycles. The van der Waals surface area contributed by atoms with Crippen LogP contribution in [-0.4, -0.2) is 16.2 Å². The molecule has 70 valence electrons. The predicted octanol–water partition coefficient (Wildman–Crippen LogP) is 1.81. The van der Waals surface area contributed by atoms with Crippen molar-refractivity contribution in [3.8, 4) is 0 Å². The van der Waals surface area contributed by atoms with Gasteiger partial charge in [-0.05, 0) is 5.56 Å². The van der Waals surface area contributed by atoms with Crippen molar-refractivity contribution in [3.63, 3.8) is 0 Å². The Morgan fingerprint density at radius 2 is 2.00 bits per heavy atom. The van der Waals surface area contributed by atoms with Crippen molar-refractivity contribution in [1.82, 2.24) is 5.06 Å². The fourth-order valence-corrected chi connectivity index (χ4v) is 1.03. The SMILES string of the molecule is CCC(=O)N(O)Cc1ccccc1. The minimum atomic E-state index is -0.260. The summed E-state index contributed by atoms with van der Waals surface area (Å²) in [5, 5.41) is 10.0. The third kappa shape index (κ3) is 2.87. The second-order valence-electron chi connectivity index (χ2n) is 2.79. The average molecular weight is 179 g/mol. The zero-order valence-electron chi connectivity index (χ0n) is 7.60. The Labute approximate surface area is 77.6 Å². The van der Waals surface area contributed by atoms with E-state index in [1.54, 1.807) is 6.92 Å². The molecule has 1 aromatic carbocycles. The Bertz CT molecular complexity index is 272. The summed E-state index contributed by atoms with van der Waals surface area (Å²) in [7, 11) is 0. The molecule has 0 aliphatic carbocycles. The number of amides is 1. The number of nitrogens with zero attached hydrogens (tertiary/aromatic N) is 1. The van der Waals surface area contributed by atoms with Gasteiger partial charge in [-0.15, -0.1) is 0 Å². The van der Waals surface area contributed by atoms with Gasteiger partial charge in [-0.25, -0.2) is 5.06 Å². The Balaban J connectivity index is 2.55. The fraction of sp³-hybridized carbons (Fsp3) is 0.300. The Kier molecular flexibility index (Phi) is 3.46. The molecule has 0 heterocycles. The van der Waals surface area contributed by atoms with Gasteiger partial charge >= 0.3 is 0 Å². The maximum absolute atomic E-state index is 11.0. The van der Waals surface area contributed by atoms with Gasteiger partial charge in [-0.2, -0.15) is 0 Å². The summed E-state index contributed by atoms with van der Waals surface area (Å²) in [6.45, 7) is 1.98. The number of hydroxylamine groups is 2. The third-order valence-corrected chi connectivity index (χ3v) is 1.77. The van der Waals surface area contributed by atoms with Crippen LogP contribution in [0.5, 0.6) is 0 Å². The van der Waals surface area contributed by atoms with Crippen LogP contribution in [0.15, 0.2) is 30.3 Å². The summed E-state index contributed by atoms with van der Waals surface area (Å²) in [4.78, 5) is 11.0. The van der Waals surface area contributed by atoms with Gasteiger partial charge < -0.3 is 0 Å². The van der Waals surface area contributed by atoms with E-state index in [-0.39, 0.29) is 12.5 Å². The predicted molar refractivity (Wildman–Crippen MR) is 49.1 cm³/mol. The van der Waals surface area contributed by atoms with Crippen LogP contribution >= 0.6 is 0 Å². The Hall–Kier alpha value is -1.35. The molecular weight excluding hydrogens is 166 g/mol. The molecule has 0 aromatic heterocycles. The Morgan fingerprint density at radius 1 is 1.38 bits per heavy atom. The van der Waals surface area contributed by atoms with Crippen molar-refractivity contribution in [3.05, 3.63) is 35.9 Å². The van der Waals surface area contributed by atoms with Crippen molar-refractivity contribution in [1.29, 1.82) is 0 Å². The van der Waals surface area contributed by atoms with Crippen LogP contribution in [0, 0.1) is 0 Å². The highest BCUT2D eigenvalue weighted by molar-refractivity contribution is 5.74. The molecule has 0 aliphatic heterocycles. The lowest BCUT2D eigenvalue weighted by atomic mass is 10.2. The second kappa shape index (κ2) is 4.62. The van der Waals surface area contributed by atoms with E-state index in [9.17, 15) is 10.0 Å². The summed E-state index contributed by atoms with van der Waals surface area (Å²) in [6, 6.07) is 9.38. The van der Waals surface area contributed by atoms with Crippen molar-refractivity contribution in [2.75, 3.05) is 0 Å². The minimum absolute atomic E-state index is 0.257. The molecule has 0 radical (unpaired) electrons. The van der Waals surface area contributed by atoms with Crippen LogP contribution in [-0.2, 0) is 11.3 Å². The van der Waals surface area contributed by atoms with E-state index in [1.165, 1.54) is 0 Å². The van der Waals surface area contributed by atoms with Crippen molar-refractivity contribution >= 4 is 5.91 Å². The van der Waals surface area contributed by atoms with Crippen LogP contribution in [0.4, 0.5) is 0 Å². The van der Waals surface area contributed by atoms with E-state index in [1.807, 2.05) is 30.3 Å². The van der Waals surface area contributed by atoms with E-state index in [4.69, 9.17) is 0 Å². The van der Waals surface area contributed by atoms with Gasteiger partial charge in [0, 0.05) is 6.42 Å². The van der Waals surface area contributed by atoms with Gasteiger partial charge in [0.05, 0.1) is 6.54 Å². The molecule has 0 aliphatic rings. The van der Waals surface area contributed by atoms with Crippen molar-refractivity contribution in [2.45, 2.75) is 19.9 Å². The molecule has 0 fully saturated rings. The summed E-state index contributed by atoms with van der Waals surface area (Å²) in [5.41, 5.74) is 0.923. The first-order valence-corrected chi connectivity index (χ1v) is 4.27. The summed E-state index contributed by atoms with van der Waals surface area (Å²) < 4.78 is 0. The minimum Gasteiger partial charge on any atom is -0.286 e. The monoisotopic (exact) mass is 179 g/mol. The number of rotatable bonds is 3. The first-order chi connectivity index (χ1) is 6.24. The highest BCUT2D eigenvalue weighted by Gasteiger charge is 2.07. The van der Waals surface area contributed by atoms with Crippen LogP contribution < -0.4 is 0 Å². The van der Waals surface area contributed by atoms with E-state index in [0.29, 0.717) is 6.42 Å². The molecule has 0 unspecified atom stereocenters. The highest BCUT2D eigenvalue weighted by Crippen LogP contribution is 2.03. The number of benzene rings is 1. The quantitative estimate of drug-likeness (QED) is 0.568. The molecule has 13 heavy (non-hydrogen) atoms. The summed E-state index contributed by atoms with van der Waals surface area (Å²) >= 11 is 0. The lowest BCUT2D eigenvalue weighted by molar-refractivity contribution is -0.167. The standard InChI is InChI=1S/C10H13NO2/c1-2-10(12)11(13)8-9-6-4-3-5-7-9/h3-7,13H,2,8H2,1H3. The van der Waals surface area contributed by atoms with Gasteiger partial charge in [0.2, 0.25) is 5.91 Å². The molecule has 0 atom stereocenters. The summed E-state index contributed by atoms with van der Waals surface area (Å²) in [5.74, 6) is -0.260. The molecule has 0 saturated heterocycles. The largest absolute Gasteiger partial charge is 0.286 e. The Morgan fingerprint density at radius 3 is 2.54 bits per heavy atom. The highest BCUT2D eigenvalue weighted by atomic mass is 16.5. The van der Waals surface area contributed by atoms with Crippen LogP contribution in [0.1, 0.15) is 18.9 Å². The van der Waals surface area contributed by atoms with Crippen molar-refractivity contribution in [2.24, 2.45) is 0 Å². The van der Waals surface area contributed by atoms with E-state index < -0.39 is 0 Å². The number of carbonyl (C=O) groups excluding carboxylic acids is 1. The first kappa shape index (κ1) is 9.74. The zero-order chi connectivity index (χ0) is 9.68. The number of carbonyl (C=O) groups is 1. The van der Waals surface area contributed by atoms with Crippen LogP contribution in [0.25, 0.3) is 0 Å². The van der Waals surface area contributed by atoms with Gasteiger partial charge in [-0.3, -0.25) is 10.0 Å². The third-order valence-electron chi connectivity index (χ3n) is 1.77. The molecule has 3 nitrogen and oxygen atoms in total. The normalized spacial score (nSPS) is 9.69. The number of hydrogen-bond acceptors (Lipinski definition) is 2. The molecule has 0 spiro atoms. The van der Waals surface area contributed by atoms with Crippen LogP contribution in [0.3, 0.4) is 0 Å². The molecule has 1 aromatic rings. The van der Waals surface area contributed by atoms with Gasteiger partial charge in [0.25, 0.3) is 0 Å². The maximum Gasteiger partial charge on any atom is 0.245 e. The number of hydrogen-bond donors (Lipinski definition) is 1. The van der Waals surface area contributed by atoms with E-state index >= 15 is 0 Å². The fourth-order valence-electron chi connectivity index (χ4n) is 1.03. The smallest absolute Gasteiger partial charge is 0.245 e.